The third-order valence-electron chi connectivity index (χ3n) is 6.15. The third kappa shape index (κ3) is 3.83. The van der Waals surface area contributed by atoms with E-state index in [1.165, 1.54) is 6.92 Å². The number of imide groups is 1. The predicted octanol–water partition coefficient (Wildman–Crippen LogP) is 1.49. The average molecular weight is 367 g/mol. The number of carboxylic acid groups (broad SMARTS) is 1. The summed E-state index contributed by atoms with van der Waals surface area (Å²) < 4.78 is 0. The number of urea groups is 1. The van der Waals surface area contributed by atoms with Crippen LogP contribution < -0.4 is 10.6 Å². The molecule has 8 heteroatoms. The molecule has 1 saturated carbocycles. The Balaban J connectivity index is 2.01. The van der Waals surface area contributed by atoms with Crippen molar-refractivity contribution in [1.82, 2.24) is 15.5 Å². The summed E-state index contributed by atoms with van der Waals surface area (Å²) in [6.45, 7) is 7.47. The van der Waals surface area contributed by atoms with Gasteiger partial charge < -0.3 is 15.7 Å². The number of nitrogens with zero attached hydrogens (tertiary/aromatic N) is 1. The second-order valence-electron chi connectivity index (χ2n) is 8.15. The summed E-state index contributed by atoms with van der Waals surface area (Å²) in [7, 11) is 0. The van der Waals surface area contributed by atoms with Crippen molar-refractivity contribution in [2.75, 3.05) is 6.54 Å². The SMILES string of the molecule is CCC(C)(C)C1CCC2(CC1)NC(=O)N(CC(=O)NC(C)C(=O)O)C2=O. The Bertz CT molecular complexity index is 608. The van der Waals surface area contributed by atoms with E-state index < -0.39 is 36.0 Å². The largest absolute Gasteiger partial charge is 0.480 e. The van der Waals surface area contributed by atoms with Gasteiger partial charge in [0, 0.05) is 0 Å². The predicted molar refractivity (Wildman–Crippen MR) is 94.2 cm³/mol. The van der Waals surface area contributed by atoms with Gasteiger partial charge in [-0.05, 0) is 43.9 Å². The number of hydrogen-bond acceptors (Lipinski definition) is 4. The molecule has 4 amide bonds. The molecule has 3 N–H and O–H groups in total. The smallest absolute Gasteiger partial charge is 0.325 e. The Morgan fingerprint density at radius 3 is 2.42 bits per heavy atom. The molecule has 0 aromatic rings. The van der Waals surface area contributed by atoms with Crippen molar-refractivity contribution in [3.05, 3.63) is 0 Å². The second-order valence-corrected chi connectivity index (χ2v) is 8.15. The van der Waals surface area contributed by atoms with Crippen molar-refractivity contribution in [3.8, 4) is 0 Å². The lowest BCUT2D eigenvalue weighted by Gasteiger charge is -2.42. The van der Waals surface area contributed by atoms with E-state index in [4.69, 9.17) is 5.11 Å². The van der Waals surface area contributed by atoms with E-state index in [2.05, 4.69) is 31.4 Å². The van der Waals surface area contributed by atoms with Crippen molar-refractivity contribution < 1.29 is 24.3 Å². The van der Waals surface area contributed by atoms with Gasteiger partial charge in [0.2, 0.25) is 5.91 Å². The second kappa shape index (κ2) is 7.25. The maximum atomic E-state index is 12.8. The Kier molecular flexibility index (Phi) is 5.63. The highest BCUT2D eigenvalue weighted by Crippen LogP contribution is 2.45. The lowest BCUT2D eigenvalue weighted by molar-refractivity contribution is -0.141. The zero-order valence-corrected chi connectivity index (χ0v) is 15.9. The molecule has 146 valence electrons. The quantitative estimate of drug-likeness (QED) is 0.615. The van der Waals surface area contributed by atoms with Gasteiger partial charge >= 0.3 is 12.0 Å². The van der Waals surface area contributed by atoms with Gasteiger partial charge in [0.25, 0.3) is 5.91 Å². The van der Waals surface area contributed by atoms with Crippen molar-refractivity contribution in [2.24, 2.45) is 11.3 Å². The minimum Gasteiger partial charge on any atom is -0.480 e. The molecule has 1 heterocycles. The van der Waals surface area contributed by atoms with Crippen LogP contribution in [-0.4, -0.2) is 51.9 Å². The van der Waals surface area contributed by atoms with Crippen LogP contribution in [0.4, 0.5) is 4.79 Å². The van der Waals surface area contributed by atoms with Crippen LogP contribution >= 0.6 is 0 Å². The molecule has 2 aliphatic rings. The summed E-state index contributed by atoms with van der Waals surface area (Å²) in [5.74, 6) is -1.73. The zero-order valence-electron chi connectivity index (χ0n) is 15.9. The summed E-state index contributed by atoms with van der Waals surface area (Å²) in [6, 6.07) is -1.66. The number of hydrogen-bond donors (Lipinski definition) is 3. The van der Waals surface area contributed by atoms with Gasteiger partial charge in [0.05, 0.1) is 0 Å². The Morgan fingerprint density at radius 1 is 1.35 bits per heavy atom. The molecular formula is C18H29N3O5. The highest BCUT2D eigenvalue weighted by molar-refractivity contribution is 6.09. The van der Waals surface area contributed by atoms with E-state index in [-0.39, 0.29) is 11.3 Å². The molecule has 1 atom stereocenters. The van der Waals surface area contributed by atoms with Crippen LogP contribution in [0.1, 0.15) is 59.8 Å². The number of nitrogens with one attached hydrogen (secondary N) is 2. The van der Waals surface area contributed by atoms with Crippen LogP contribution in [0.5, 0.6) is 0 Å². The normalized spacial score (nSPS) is 27.4. The highest BCUT2D eigenvalue weighted by atomic mass is 16.4. The number of carboxylic acids is 1. The molecule has 0 radical (unpaired) electrons. The maximum absolute atomic E-state index is 12.8. The third-order valence-corrected chi connectivity index (χ3v) is 6.15. The first kappa shape index (κ1) is 20.2. The van der Waals surface area contributed by atoms with Crippen LogP contribution in [0, 0.1) is 11.3 Å². The molecule has 0 bridgehead atoms. The van der Waals surface area contributed by atoms with E-state index in [1.54, 1.807) is 0 Å². The van der Waals surface area contributed by atoms with E-state index in [0.717, 1.165) is 24.2 Å². The molecule has 1 spiro atoms. The average Bonchev–Trinajstić information content (AvgIpc) is 2.79. The maximum Gasteiger partial charge on any atom is 0.325 e. The fourth-order valence-electron chi connectivity index (χ4n) is 3.83. The van der Waals surface area contributed by atoms with Crippen LogP contribution in [0.25, 0.3) is 0 Å². The molecule has 2 fully saturated rings. The minimum absolute atomic E-state index is 0.194. The van der Waals surface area contributed by atoms with Crippen molar-refractivity contribution >= 4 is 23.8 Å². The summed E-state index contributed by atoms with van der Waals surface area (Å²) >= 11 is 0. The summed E-state index contributed by atoms with van der Waals surface area (Å²) in [5.41, 5.74) is -0.726. The van der Waals surface area contributed by atoms with Crippen molar-refractivity contribution in [1.29, 1.82) is 0 Å². The molecule has 8 nitrogen and oxygen atoms in total. The molecule has 1 saturated heterocycles. The summed E-state index contributed by atoms with van der Waals surface area (Å²) in [5, 5.41) is 13.9. The van der Waals surface area contributed by atoms with Crippen LogP contribution in [0.2, 0.25) is 0 Å². The first-order valence-electron chi connectivity index (χ1n) is 9.18. The minimum atomic E-state index is -1.18. The molecule has 0 aromatic heterocycles. The fourth-order valence-corrected chi connectivity index (χ4v) is 3.83. The fraction of sp³-hybridized carbons (Fsp3) is 0.778. The van der Waals surface area contributed by atoms with Gasteiger partial charge in [-0.3, -0.25) is 19.3 Å². The molecular weight excluding hydrogens is 338 g/mol. The lowest BCUT2D eigenvalue weighted by atomic mass is 9.65. The van der Waals surface area contributed by atoms with Crippen molar-refractivity contribution in [3.63, 3.8) is 0 Å². The molecule has 1 unspecified atom stereocenters. The Hall–Kier alpha value is -2.12. The molecule has 0 aromatic carbocycles. The topological polar surface area (TPSA) is 116 Å². The van der Waals surface area contributed by atoms with Gasteiger partial charge in [0.15, 0.2) is 0 Å². The van der Waals surface area contributed by atoms with Gasteiger partial charge in [0.1, 0.15) is 18.1 Å². The van der Waals surface area contributed by atoms with Gasteiger partial charge in [-0.2, -0.15) is 0 Å². The summed E-state index contributed by atoms with van der Waals surface area (Å²) in [6.07, 6.45) is 3.88. The molecule has 1 aliphatic carbocycles. The molecule has 2 rings (SSSR count). The number of rotatable bonds is 6. The Morgan fingerprint density at radius 2 is 1.92 bits per heavy atom. The molecule has 26 heavy (non-hydrogen) atoms. The first-order chi connectivity index (χ1) is 12.0. The Labute approximate surface area is 153 Å². The van der Waals surface area contributed by atoms with E-state index >= 15 is 0 Å². The van der Waals surface area contributed by atoms with Crippen LogP contribution in [0.15, 0.2) is 0 Å². The van der Waals surface area contributed by atoms with E-state index in [0.29, 0.717) is 18.8 Å². The van der Waals surface area contributed by atoms with Gasteiger partial charge in [-0.1, -0.05) is 27.2 Å². The first-order valence-corrected chi connectivity index (χ1v) is 9.18. The van der Waals surface area contributed by atoms with Gasteiger partial charge in [-0.25, -0.2) is 4.79 Å². The standard InChI is InChI=1S/C18H29N3O5/c1-5-17(3,4)12-6-8-18(9-7-12)15(25)21(16(26)20-18)10-13(22)19-11(2)14(23)24/h11-12H,5-10H2,1-4H3,(H,19,22)(H,20,26)(H,23,24). The highest BCUT2D eigenvalue weighted by Gasteiger charge is 2.53. The number of aliphatic carboxylic acids is 1. The zero-order chi connectivity index (χ0) is 19.7. The van der Waals surface area contributed by atoms with E-state index in [1.807, 2.05) is 0 Å². The monoisotopic (exact) mass is 367 g/mol. The number of amides is 4. The van der Waals surface area contributed by atoms with E-state index in [9.17, 15) is 19.2 Å². The number of carbonyl (C=O) groups is 4. The van der Waals surface area contributed by atoms with Crippen molar-refractivity contribution in [2.45, 2.75) is 71.4 Å². The summed E-state index contributed by atoms with van der Waals surface area (Å²) in [4.78, 5) is 48.7. The van der Waals surface area contributed by atoms with Crippen LogP contribution in [0.3, 0.4) is 0 Å². The molecule has 1 aliphatic heterocycles. The van der Waals surface area contributed by atoms with Gasteiger partial charge in [-0.15, -0.1) is 0 Å². The van der Waals surface area contributed by atoms with Crippen LogP contribution in [-0.2, 0) is 14.4 Å². The lowest BCUT2D eigenvalue weighted by Crippen LogP contribution is -2.51. The number of carbonyl (C=O) groups excluding carboxylic acids is 3.